The van der Waals surface area contributed by atoms with Crippen molar-refractivity contribution in [2.24, 2.45) is 0 Å². The van der Waals surface area contributed by atoms with Crippen molar-refractivity contribution in [2.75, 3.05) is 10.8 Å². The van der Waals surface area contributed by atoms with E-state index in [9.17, 15) is 0 Å². The molecule has 1 N–H and O–H groups in total. The van der Waals surface area contributed by atoms with Crippen LogP contribution in [0.5, 0.6) is 0 Å². The van der Waals surface area contributed by atoms with E-state index in [1.807, 2.05) is 10.9 Å². The largest absolute Gasteiger partial charge is 0.380 e. The summed E-state index contributed by atoms with van der Waals surface area (Å²) in [7, 11) is 0. The summed E-state index contributed by atoms with van der Waals surface area (Å²) in [6.07, 6.45) is 5.46. The Morgan fingerprint density at radius 2 is 2.15 bits per heavy atom. The van der Waals surface area contributed by atoms with Crippen LogP contribution >= 0.6 is 24.2 Å². The van der Waals surface area contributed by atoms with Crippen LogP contribution in [0.25, 0.3) is 0 Å². The molecule has 2 rings (SSSR count). The van der Waals surface area contributed by atoms with Gasteiger partial charge in [-0.05, 0) is 18.1 Å². The van der Waals surface area contributed by atoms with Gasteiger partial charge in [0.15, 0.2) is 0 Å². The third-order valence-electron chi connectivity index (χ3n) is 3.55. The highest BCUT2D eigenvalue weighted by molar-refractivity contribution is 7.98. The van der Waals surface area contributed by atoms with Crippen molar-refractivity contribution in [1.29, 1.82) is 5.41 Å². The van der Waals surface area contributed by atoms with Crippen molar-refractivity contribution in [3.63, 3.8) is 0 Å². The number of aromatic nitrogens is 2. The molecule has 0 saturated carbocycles. The van der Waals surface area contributed by atoms with Gasteiger partial charge in [-0.2, -0.15) is 0 Å². The van der Waals surface area contributed by atoms with Gasteiger partial charge < -0.3 is 4.52 Å². The first kappa shape index (κ1) is 17.2. The standard InChI is InChI=1S/C13H22N4OS.ClH/c1-4-8-19-9-12-13(14)18-15-17(12)16-10(2)6-5-7-11(16)3;/h4,10-11,14H,1,5-9H2,2-3H3;1H. The van der Waals surface area contributed by atoms with E-state index >= 15 is 0 Å². The van der Waals surface area contributed by atoms with Gasteiger partial charge in [-0.3, -0.25) is 10.4 Å². The Morgan fingerprint density at radius 3 is 2.75 bits per heavy atom. The molecule has 1 aromatic rings. The number of piperidine rings is 1. The Labute approximate surface area is 130 Å². The first-order valence-electron chi connectivity index (χ1n) is 6.75. The second-order valence-electron chi connectivity index (χ2n) is 5.05. The zero-order valence-corrected chi connectivity index (χ0v) is 13.7. The minimum absolute atomic E-state index is 0. The zero-order chi connectivity index (χ0) is 13.8. The molecule has 2 unspecified atom stereocenters. The van der Waals surface area contributed by atoms with Crippen molar-refractivity contribution in [3.8, 4) is 0 Å². The molecule has 0 radical (unpaired) electrons. The molecular weight excluding hydrogens is 296 g/mol. The molecule has 0 spiro atoms. The van der Waals surface area contributed by atoms with Crippen LogP contribution in [0.1, 0.15) is 38.8 Å². The van der Waals surface area contributed by atoms with E-state index in [2.05, 4.69) is 30.7 Å². The van der Waals surface area contributed by atoms with Crippen molar-refractivity contribution < 1.29 is 9.31 Å². The van der Waals surface area contributed by atoms with Crippen molar-refractivity contribution >= 4 is 24.2 Å². The van der Waals surface area contributed by atoms with E-state index in [1.165, 1.54) is 6.42 Å². The molecule has 1 aliphatic heterocycles. The number of nitrogens with one attached hydrogen (secondary N) is 1. The Morgan fingerprint density at radius 1 is 1.50 bits per heavy atom. The van der Waals surface area contributed by atoms with E-state index in [4.69, 9.17) is 9.93 Å². The predicted molar refractivity (Wildman–Crippen MR) is 82.7 cm³/mol. The van der Waals surface area contributed by atoms with Crippen LogP contribution in [-0.2, 0) is 5.75 Å². The Hall–Kier alpha value is -0.880. The van der Waals surface area contributed by atoms with Gasteiger partial charge in [-0.1, -0.05) is 31.1 Å². The van der Waals surface area contributed by atoms with Gasteiger partial charge in [0.2, 0.25) is 0 Å². The lowest BCUT2D eigenvalue weighted by Gasteiger charge is -2.39. The first-order chi connectivity index (χ1) is 9.15. The summed E-state index contributed by atoms with van der Waals surface area (Å²) in [5, 5.41) is 14.2. The third-order valence-corrected chi connectivity index (χ3v) is 4.50. The van der Waals surface area contributed by atoms with Crippen molar-refractivity contribution in [2.45, 2.75) is 50.9 Å². The summed E-state index contributed by atoms with van der Waals surface area (Å²) < 4.78 is 5.08. The van der Waals surface area contributed by atoms with Crippen LogP contribution in [0.4, 0.5) is 0 Å². The molecule has 0 aliphatic carbocycles. The second kappa shape index (κ2) is 7.78. The highest BCUT2D eigenvalue weighted by Crippen LogP contribution is 2.18. The number of rotatable bonds is 5. The van der Waals surface area contributed by atoms with Crippen LogP contribution in [-0.4, -0.2) is 17.8 Å². The quantitative estimate of drug-likeness (QED) is 0.510. The first-order valence-corrected chi connectivity index (χ1v) is 7.90. The molecule has 0 amide bonds. The second-order valence-corrected chi connectivity index (χ2v) is 6.08. The van der Waals surface area contributed by atoms with E-state index in [1.54, 1.807) is 11.8 Å². The monoisotopic (exact) mass is 318 g/mol. The van der Waals surface area contributed by atoms with Gasteiger partial charge in [0.1, 0.15) is 0 Å². The highest BCUT2D eigenvalue weighted by atomic mass is 35.5. The van der Waals surface area contributed by atoms with Gasteiger partial charge in [0.25, 0.3) is 11.2 Å². The van der Waals surface area contributed by atoms with Crippen molar-refractivity contribution in [3.05, 3.63) is 23.9 Å². The average molecular weight is 319 g/mol. The number of thioether (sulfide) groups is 1. The maximum absolute atomic E-state index is 7.86. The maximum atomic E-state index is 7.86. The lowest BCUT2D eigenvalue weighted by Crippen LogP contribution is -2.70. The molecule has 20 heavy (non-hydrogen) atoms. The molecule has 1 aromatic heterocycles. The minimum Gasteiger partial charge on any atom is -0.380 e. The summed E-state index contributed by atoms with van der Waals surface area (Å²) in [4.78, 5) is 1.81. The fourth-order valence-electron chi connectivity index (χ4n) is 2.60. The molecule has 1 fully saturated rings. The molecule has 5 nitrogen and oxygen atoms in total. The molecule has 1 aliphatic rings. The van der Waals surface area contributed by atoms with E-state index in [0.29, 0.717) is 12.1 Å². The zero-order valence-electron chi connectivity index (χ0n) is 12.0. The smallest absolute Gasteiger partial charge is 0.290 e. The van der Waals surface area contributed by atoms with E-state index < -0.39 is 0 Å². The maximum Gasteiger partial charge on any atom is 0.290 e. The molecule has 0 aromatic carbocycles. The average Bonchev–Trinajstić information content (AvgIpc) is 2.72. The van der Waals surface area contributed by atoms with Crippen LogP contribution < -0.4 is 20.6 Å². The van der Waals surface area contributed by atoms with Crippen LogP contribution in [0, 0.1) is 5.41 Å². The van der Waals surface area contributed by atoms with Crippen LogP contribution in [0.2, 0.25) is 0 Å². The minimum atomic E-state index is 0. The predicted octanol–water partition coefficient (Wildman–Crippen LogP) is 1.74. The number of hydrogen-bond donors (Lipinski definition) is 1. The molecule has 7 heteroatoms. The fraction of sp³-hybridized carbons (Fsp3) is 0.692. The number of halogens is 1. The summed E-state index contributed by atoms with van der Waals surface area (Å²) in [5.41, 5.74) is 1.01. The normalized spacial score (nSPS) is 22.4. The number of hydrogen-bond acceptors (Lipinski definition) is 4. The summed E-state index contributed by atoms with van der Waals surface area (Å²) in [6, 6.07) is 0.864. The van der Waals surface area contributed by atoms with Crippen molar-refractivity contribution in [1.82, 2.24) is 5.27 Å². The van der Waals surface area contributed by atoms with E-state index in [-0.39, 0.29) is 18.0 Å². The van der Waals surface area contributed by atoms with Gasteiger partial charge in [-0.25, -0.2) is 0 Å². The third kappa shape index (κ3) is 3.61. The van der Waals surface area contributed by atoms with Gasteiger partial charge in [0, 0.05) is 17.8 Å². The van der Waals surface area contributed by atoms with Gasteiger partial charge >= 0.3 is 0 Å². The molecule has 2 atom stereocenters. The topological polar surface area (TPSA) is 58.2 Å². The fourth-order valence-corrected chi connectivity index (χ4v) is 3.32. The number of nitrogens with zero attached hydrogens (tertiary/aromatic N) is 3. The Bertz CT molecular complexity index is 477. The molecule has 1 saturated heterocycles. The van der Waals surface area contributed by atoms with Crippen LogP contribution in [0.3, 0.4) is 0 Å². The van der Waals surface area contributed by atoms with Crippen LogP contribution in [0.15, 0.2) is 17.2 Å². The lowest BCUT2D eigenvalue weighted by molar-refractivity contribution is -0.776. The molecular formula is C13H23ClN4OS. The summed E-state index contributed by atoms with van der Waals surface area (Å²) in [5.74, 6) is 1.60. The lowest BCUT2D eigenvalue weighted by atomic mass is 10.00. The Balaban J connectivity index is 0.00000200. The van der Waals surface area contributed by atoms with Gasteiger partial charge in [-0.15, -0.1) is 30.7 Å². The molecule has 2 heterocycles. The summed E-state index contributed by atoms with van der Waals surface area (Å²) >= 11 is 1.72. The molecule has 114 valence electrons. The highest BCUT2D eigenvalue weighted by Gasteiger charge is 2.29. The van der Waals surface area contributed by atoms with E-state index in [0.717, 1.165) is 30.0 Å². The summed E-state index contributed by atoms with van der Waals surface area (Å²) in [6.45, 7) is 8.13. The van der Waals surface area contributed by atoms with Gasteiger partial charge in [0.05, 0.1) is 5.75 Å². The SMILES string of the molecule is C=CCSCc1c(=N)o[n-][n+]1N1C(C)CCCC1C.Cl. The Kier molecular flexibility index (Phi) is 6.68. The molecule has 0 bridgehead atoms.